The third-order valence-electron chi connectivity index (χ3n) is 4.45. The molecule has 0 radical (unpaired) electrons. The number of aromatic nitrogens is 5. The van der Waals surface area contributed by atoms with Crippen LogP contribution in [-0.4, -0.2) is 31.8 Å². The highest BCUT2D eigenvalue weighted by Crippen LogP contribution is 2.32. The van der Waals surface area contributed by atoms with Crippen molar-refractivity contribution in [1.82, 2.24) is 24.7 Å². The highest BCUT2D eigenvalue weighted by atomic mass is 32.1. The first-order chi connectivity index (χ1) is 14.3. The Morgan fingerprint density at radius 2 is 1.97 bits per heavy atom. The Morgan fingerprint density at radius 3 is 2.83 bits per heavy atom. The fourth-order valence-corrected chi connectivity index (χ4v) is 3.96. The van der Waals surface area contributed by atoms with E-state index in [-0.39, 0.29) is 0 Å². The zero-order valence-electron chi connectivity index (χ0n) is 15.5. The lowest BCUT2D eigenvalue weighted by Crippen LogP contribution is -1.96. The maximum absolute atomic E-state index is 5.28. The van der Waals surface area contributed by atoms with E-state index in [9.17, 15) is 0 Å². The molecule has 3 heterocycles. The first kappa shape index (κ1) is 17.3. The molecule has 0 saturated carbocycles. The molecule has 8 heteroatoms. The summed E-state index contributed by atoms with van der Waals surface area (Å²) in [5.41, 5.74) is 4.90. The van der Waals surface area contributed by atoms with E-state index in [0.717, 1.165) is 43.6 Å². The van der Waals surface area contributed by atoms with E-state index in [2.05, 4.69) is 26.4 Å². The first-order valence-electron chi connectivity index (χ1n) is 8.90. The molecule has 5 rings (SSSR count). The summed E-state index contributed by atoms with van der Waals surface area (Å²) >= 11 is 1.61. The van der Waals surface area contributed by atoms with Crippen molar-refractivity contribution in [3.8, 4) is 22.6 Å². The molecule has 0 aliphatic heterocycles. The van der Waals surface area contributed by atoms with Crippen LogP contribution >= 0.6 is 11.3 Å². The topological polar surface area (TPSA) is 77.8 Å². The molecule has 5 aromatic rings. The van der Waals surface area contributed by atoms with Crippen LogP contribution in [0.1, 0.15) is 0 Å². The third kappa shape index (κ3) is 3.53. The predicted molar refractivity (Wildman–Crippen MR) is 114 cm³/mol. The monoisotopic (exact) mass is 400 g/mol. The van der Waals surface area contributed by atoms with Gasteiger partial charge in [0, 0.05) is 17.4 Å². The van der Waals surface area contributed by atoms with Crippen LogP contribution in [0.15, 0.2) is 73.6 Å². The summed E-state index contributed by atoms with van der Waals surface area (Å²) in [6.45, 7) is 0. The van der Waals surface area contributed by atoms with Gasteiger partial charge in [0.2, 0.25) is 0 Å². The minimum absolute atomic E-state index is 0.738. The van der Waals surface area contributed by atoms with Crippen molar-refractivity contribution in [3.63, 3.8) is 0 Å². The summed E-state index contributed by atoms with van der Waals surface area (Å²) in [5, 5.41) is 8.39. The van der Waals surface area contributed by atoms with Crippen molar-refractivity contribution in [3.05, 3.63) is 73.6 Å². The lowest BCUT2D eigenvalue weighted by molar-refractivity contribution is 0.413. The van der Waals surface area contributed by atoms with Gasteiger partial charge in [-0.15, -0.1) is 0 Å². The standard InChI is InChI=1S/C21H16N6OS/c1-28-18-7-15(10-22-11-18)14-5-6-19-20(8-14)29-21(26-19)25-16-3-2-4-17(9-16)27-13-23-12-24-27/h2-13H,1H3,(H,25,26). The van der Waals surface area contributed by atoms with Crippen molar-refractivity contribution in [2.45, 2.75) is 0 Å². The summed E-state index contributed by atoms with van der Waals surface area (Å²) in [6, 6.07) is 16.1. The molecule has 3 aromatic heterocycles. The fraction of sp³-hybridized carbons (Fsp3) is 0.0476. The molecule has 29 heavy (non-hydrogen) atoms. The maximum atomic E-state index is 5.28. The summed E-state index contributed by atoms with van der Waals surface area (Å²) in [7, 11) is 1.64. The normalized spacial score (nSPS) is 10.9. The van der Waals surface area contributed by atoms with Crippen LogP contribution in [0.3, 0.4) is 0 Å². The van der Waals surface area contributed by atoms with E-state index in [1.54, 1.807) is 35.7 Å². The second-order valence-corrected chi connectivity index (χ2v) is 7.36. The number of nitrogens with one attached hydrogen (secondary N) is 1. The van der Waals surface area contributed by atoms with Gasteiger partial charge in [-0.05, 0) is 42.0 Å². The SMILES string of the molecule is COc1cncc(-c2ccc3nc(Nc4cccc(-n5cncn5)c4)sc3c2)c1. The molecule has 0 atom stereocenters. The van der Waals surface area contributed by atoms with Crippen LogP contribution in [0.2, 0.25) is 0 Å². The van der Waals surface area contributed by atoms with Crippen LogP contribution in [0, 0.1) is 0 Å². The number of thiazole rings is 1. The number of methoxy groups -OCH3 is 1. The van der Waals surface area contributed by atoms with Crippen molar-refractivity contribution < 1.29 is 4.74 Å². The van der Waals surface area contributed by atoms with Crippen LogP contribution in [-0.2, 0) is 0 Å². The van der Waals surface area contributed by atoms with Crippen molar-refractivity contribution in [1.29, 1.82) is 0 Å². The van der Waals surface area contributed by atoms with E-state index in [1.165, 1.54) is 6.33 Å². The number of fused-ring (bicyclic) bond motifs is 1. The van der Waals surface area contributed by atoms with Crippen LogP contribution < -0.4 is 10.1 Å². The number of anilines is 2. The summed E-state index contributed by atoms with van der Waals surface area (Å²) in [4.78, 5) is 12.9. The van der Waals surface area contributed by atoms with E-state index >= 15 is 0 Å². The highest BCUT2D eigenvalue weighted by Gasteiger charge is 2.08. The Bertz CT molecular complexity index is 1280. The number of benzene rings is 2. The number of ether oxygens (including phenoxy) is 1. The molecule has 0 spiro atoms. The average molecular weight is 400 g/mol. The largest absolute Gasteiger partial charge is 0.495 e. The average Bonchev–Trinajstić information content (AvgIpc) is 3.43. The van der Waals surface area contributed by atoms with E-state index in [0.29, 0.717) is 0 Å². The van der Waals surface area contributed by atoms with Crippen molar-refractivity contribution >= 4 is 32.4 Å². The molecule has 7 nitrogen and oxygen atoms in total. The Hall–Kier alpha value is -3.78. The second kappa shape index (κ2) is 7.33. The minimum Gasteiger partial charge on any atom is -0.495 e. The highest BCUT2D eigenvalue weighted by molar-refractivity contribution is 7.22. The number of nitrogens with zero attached hydrogens (tertiary/aromatic N) is 5. The number of hydrogen-bond acceptors (Lipinski definition) is 7. The Morgan fingerprint density at radius 1 is 1.00 bits per heavy atom. The lowest BCUT2D eigenvalue weighted by Gasteiger charge is -2.05. The zero-order valence-corrected chi connectivity index (χ0v) is 16.3. The molecule has 0 aliphatic rings. The van der Waals surface area contributed by atoms with E-state index < -0.39 is 0 Å². The first-order valence-corrected chi connectivity index (χ1v) is 9.72. The maximum Gasteiger partial charge on any atom is 0.188 e. The van der Waals surface area contributed by atoms with Gasteiger partial charge in [-0.1, -0.05) is 23.5 Å². The van der Waals surface area contributed by atoms with Gasteiger partial charge in [0.1, 0.15) is 18.4 Å². The quantitative estimate of drug-likeness (QED) is 0.461. The summed E-state index contributed by atoms with van der Waals surface area (Å²) < 4.78 is 8.10. The van der Waals surface area contributed by atoms with Crippen LogP contribution in [0.5, 0.6) is 5.75 Å². The Labute approximate surface area is 170 Å². The van der Waals surface area contributed by atoms with Gasteiger partial charge in [0.25, 0.3) is 0 Å². The predicted octanol–water partition coefficient (Wildman–Crippen LogP) is 4.69. The number of pyridine rings is 1. The number of hydrogen-bond donors (Lipinski definition) is 1. The van der Waals surface area contributed by atoms with Crippen molar-refractivity contribution in [2.24, 2.45) is 0 Å². The van der Waals surface area contributed by atoms with Crippen molar-refractivity contribution in [2.75, 3.05) is 12.4 Å². The molecule has 2 aromatic carbocycles. The molecule has 0 fully saturated rings. The van der Waals surface area contributed by atoms with Gasteiger partial charge in [0.05, 0.1) is 29.2 Å². The minimum atomic E-state index is 0.738. The van der Waals surface area contributed by atoms with E-state index in [4.69, 9.17) is 9.72 Å². The molecule has 1 N–H and O–H groups in total. The molecule has 142 valence electrons. The van der Waals surface area contributed by atoms with Gasteiger partial charge in [-0.3, -0.25) is 4.98 Å². The zero-order chi connectivity index (χ0) is 19.6. The lowest BCUT2D eigenvalue weighted by atomic mass is 10.1. The van der Waals surface area contributed by atoms with Gasteiger partial charge in [-0.25, -0.2) is 14.6 Å². The number of rotatable bonds is 5. The second-order valence-electron chi connectivity index (χ2n) is 6.33. The molecular formula is C21H16N6OS. The molecule has 0 amide bonds. The smallest absolute Gasteiger partial charge is 0.188 e. The fourth-order valence-electron chi connectivity index (χ4n) is 3.04. The van der Waals surface area contributed by atoms with E-state index in [1.807, 2.05) is 48.7 Å². The third-order valence-corrected chi connectivity index (χ3v) is 5.38. The van der Waals surface area contributed by atoms with Gasteiger partial charge in [0.15, 0.2) is 5.13 Å². The van der Waals surface area contributed by atoms with Gasteiger partial charge >= 0.3 is 0 Å². The van der Waals surface area contributed by atoms with Crippen LogP contribution in [0.4, 0.5) is 10.8 Å². The van der Waals surface area contributed by atoms with Crippen LogP contribution in [0.25, 0.3) is 27.0 Å². The molecule has 0 bridgehead atoms. The Balaban J connectivity index is 1.44. The molecular weight excluding hydrogens is 384 g/mol. The Kier molecular flexibility index (Phi) is 4.38. The summed E-state index contributed by atoms with van der Waals surface area (Å²) in [5.74, 6) is 0.738. The molecule has 0 aliphatic carbocycles. The van der Waals surface area contributed by atoms with Gasteiger partial charge < -0.3 is 10.1 Å². The summed E-state index contributed by atoms with van der Waals surface area (Å²) in [6.07, 6.45) is 6.72. The molecule has 0 saturated heterocycles. The van der Waals surface area contributed by atoms with Gasteiger partial charge in [-0.2, -0.15) is 5.10 Å². The molecule has 0 unspecified atom stereocenters.